The Kier molecular flexibility index (Phi) is 6.21. The first-order valence-electron chi connectivity index (χ1n) is 5.21. The van der Waals surface area contributed by atoms with Gasteiger partial charge in [0.15, 0.2) is 12.3 Å². The van der Waals surface area contributed by atoms with Gasteiger partial charge in [0.05, 0.1) is 13.2 Å². The van der Waals surface area contributed by atoms with Crippen molar-refractivity contribution in [2.24, 2.45) is 0 Å². The normalized spacial score (nSPS) is 37.2. The molecule has 7 nitrogen and oxygen atoms in total. The van der Waals surface area contributed by atoms with Crippen LogP contribution >= 0.6 is 0 Å². The van der Waals surface area contributed by atoms with Crippen molar-refractivity contribution in [1.82, 2.24) is 10.9 Å². The van der Waals surface area contributed by atoms with Crippen LogP contribution in [-0.2, 0) is 9.47 Å². The zero-order valence-electron chi connectivity index (χ0n) is 9.25. The van der Waals surface area contributed by atoms with E-state index in [0.29, 0.717) is 0 Å². The number of halogens is 3. The van der Waals surface area contributed by atoms with E-state index in [0.717, 1.165) is 0 Å². The molecule has 0 saturated carbocycles. The van der Waals surface area contributed by atoms with Crippen molar-refractivity contribution in [3.8, 4) is 0 Å². The minimum absolute atomic E-state index is 0.256. The zero-order chi connectivity index (χ0) is 13.7. The number of nitrogens with one attached hydrogen (secondary N) is 1. The van der Waals surface area contributed by atoms with E-state index in [1.807, 2.05) is 0 Å². The summed E-state index contributed by atoms with van der Waals surface area (Å²) in [6.45, 7) is -1.22. The molecule has 0 spiro atoms. The standard InChI is InChI=1S/C8H15F3N2O5/c9-12-1-2-17-8-5(13(10)11)7(16)6(15)4(3-14)18-8/h4-8,12,14-16H,1-3H2/t4?,5?,6-,7+,8+/m0/s1. The van der Waals surface area contributed by atoms with Crippen LogP contribution in [0.5, 0.6) is 0 Å². The van der Waals surface area contributed by atoms with Gasteiger partial charge < -0.3 is 24.8 Å². The molecule has 108 valence electrons. The van der Waals surface area contributed by atoms with Gasteiger partial charge in [-0.1, -0.05) is 0 Å². The third-order valence-corrected chi connectivity index (χ3v) is 2.55. The molecule has 18 heavy (non-hydrogen) atoms. The lowest BCUT2D eigenvalue weighted by molar-refractivity contribution is -0.340. The van der Waals surface area contributed by atoms with E-state index in [2.05, 4.69) is 0 Å². The van der Waals surface area contributed by atoms with Crippen LogP contribution in [0.2, 0.25) is 0 Å². The highest BCUT2D eigenvalue weighted by molar-refractivity contribution is 4.91. The summed E-state index contributed by atoms with van der Waals surface area (Å²) in [5.41, 5.74) is 1.25. The highest BCUT2D eigenvalue weighted by atomic mass is 19.4. The highest BCUT2D eigenvalue weighted by Gasteiger charge is 2.48. The van der Waals surface area contributed by atoms with E-state index in [4.69, 9.17) is 14.6 Å². The molecule has 5 atom stereocenters. The Hall–Kier alpha value is -0.490. The summed E-state index contributed by atoms with van der Waals surface area (Å²) in [6.07, 6.45) is -6.38. The smallest absolute Gasteiger partial charge is 0.181 e. The largest absolute Gasteiger partial charge is 0.394 e. The molecule has 0 aromatic rings. The Bertz CT molecular complexity index is 251. The van der Waals surface area contributed by atoms with Gasteiger partial charge in [-0.05, 0) is 0 Å². The quantitative estimate of drug-likeness (QED) is 0.341. The molecule has 1 rings (SSSR count). The molecule has 2 unspecified atom stereocenters. The van der Waals surface area contributed by atoms with Gasteiger partial charge in [-0.15, -0.1) is 13.4 Å². The minimum atomic E-state index is -1.93. The van der Waals surface area contributed by atoms with Crippen molar-refractivity contribution >= 4 is 0 Å². The molecule has 1 aliphatic heterocycles. The van der Waals surface area contributed by atoms with Crippen LogP contribution in [-0.4, -0.2) is 71.1 Å². The molecule has 1 saturated heterocycles. The second-order valence-corrected chi connectivity index (χ2v) is 3.71. The van der Waals surface area contributed by atoms with Crippen LogP contribution in [0.25, 0.3) is 0 Å². The Morgan fingerprint density at radius 2 is 1.94 bits per heavy atom. The van der Waals surface area contributed by atoms with E-state index in [1.54, 1.807) is 0 Å². The summed E-state index contributed by atoms with van der Waals surface area (Å²) < 4.78 is 46.5. The summed E-state index contributed by atoms with van der Waals surface area (Å²) in [5, 5.41) is 26.4. The Morgan fingerprint density at radius 1 is 1.28 bits per heavy atom. The van der Waals surface area contributed by atoms with E-state index < -0.39 is 42.6 Å². The fraction of sp³-hybridized carbons (Fsp3) is 1.00. The first-order valence-corrected chi connectivity index (χ1v) is 5.21. The van der Waals surface area contributed by atoms with Crippen LogP contribution in [0.15, 0.2) is 0 Å². The SMILES string of the molecule is OCC1O[C@@H](OCCNF)C(N(F)F)[C@@H](O)[C@H]1O. The van der Waals surface area contributed by atoms with E-state index in [9.17, 15) is 23.7 Å². The number of aliphatic hydroxyl groups is 3. The van der Waals surface area contributed by atoms with Gasteiger partial charge in [-0.2, -0.15) is 5.54 Å². The second-order valence-electron chi connectivity index (χ2n) is 3.71. The predicted octanol–water partition coefficient (Wildman–Crippen LogP) is -1.64. The van der Waals surface area contributed by atoms with Crippen molar-refractivity contribution in [3.05, 3.63) is 0 Å². The summed E-state index contributed by atoms with van der Waals surface area (Å²) >= 11 is 0. The Morgan fingerprint density at radius 3 is 2.44 bits per heavy atom. The molecule has 10 heteroatoms. The molecular weight excluding hydrogens is 261 g/mol. The molecule has 0 bridgehead atoms. The van der Waals surface area contributed by atoms with E-state index >= 15 is 0 Å². The minimum Gasteiger partial charge on any atom is -0.394 e. The van der Waals surface area contributed by atoms with Crippen LogP contribution < -0.4 is 5.54 Å². The predicted molar refractivity (Wildman–Crippen MR) is 50.7 cm³/mol. The van der Waals surface area contributed by atoms with Gasteiger partial charge in [0.1, 0.15) is 18.3 Å². The van der Waals surface area contributed by atoms with Crippen LogP contribution in [0.1, 0.15) is 0 Å². The van der Waals surface area contributed by atoms with Gasteiger partial charge in [0.25, 0.3) is 0 Å². The lowest BCUT2D eigenvalue weighted by atomic mass is 9.97. The lowest BCUT2D eigenvalue weighted by Gasteiger charge is -2.41. The maximum absolute atomic E-state index is 12.6. The third-order valence-electron chi connectivity index (χ3n) is 2.55. The van der Waals surface area contributed by atoms with Gasteiger partial charge in [-0.3, -0.25) is 0 Å². The molecule has 0 aromatic carbocycles. The molecule has 1 aliphatic rings. The molecule has 0 aromatic heterocycles. The molecule has 1 fully saturated rings. The van der Waals surface area contributed by atoms with Crippen molar-refractivity contribution in [2.75, 3.05) is 19.8 Å². The highest BCUT2D eigenvalue weighted by Crippen LogP contribution is 2.26. The maximum Gasteiger partial charge on any atom is 0.181 e. The van der Waals surface area contributed by atoms with Gasteiger partial charge in [-0.25, -0.2) is 0 Å². The number of hydrogen-bond acceptors (Lipinski definition) is 7. The van der Waals surface area contributed by atoms with Crippen molar-refractivity contribution in [1.29, 1.82) is 0 Å². The monoisotopic (exact) mass is 276 g/mol. The average molecular weight is 276 g/mol. The van der Waals surface area contributed by atoms with Crippen molar-refractivity contribution in [3.63, 3.8) is 0 Å². The number of rotatable bonds is 6. The first kappa shape index (κ1) is 15.6. The number of aliphatic hydroxyl groups excluding tert-OH is 3. The van der Waals surface area contributed by atoms with E-state index in [1.165, 1.54) is 5.54 Å². The fourth-order valence-corrected chi connectivity index (χ4v) is 1.63. The molecule has 1 heterocycles. The second kappa shape index (κ2) is 7.19. The van der Waals surface area contributed by atoms with Crippen LogP contribution in [0.3, 0.4) is 0 Å². The average Bonchev–Trinajstić information content (AvgIpc) is 2.33. The van der Waals surface area contributed by atoms with Gasteiger partial charge >= 0.3 is 0 Å². The Balaban J connectivity index is 2.69. The van der Waals surface area contributed by atoms with Gasteiger partial charge in [0.2, 0.25) is 0 Å². The Labute approximate surface area is 101 Å². The van der Waals surface area contributed by atoms with Crippen LogP contribution in [0, 0.1) is 0 Å². The maximum atomic E-state index is 12.6. The first-order chi connectivity index (χ1) is 8.52. The number of hydrogen-bond donors (Lipinski definition) is 4. The lowest BCUT2D eigenvalue weighted by Crippen LogP contribution is -2.62. The molecular formula is C8H15F3N2O5. The van der Waals surface area contributed by atoms with E-state index in [-0.39, 0.29) is 13.2 Å². The van der Waals surface area contributed by atoms with Crippen LogP contribution in [0.4, 0.5) is 13.4 Å². The van der Waals surface area contributed by atoms with Gasteiger partial charge in [0, 0.05) is 11.9 Å². The summed E-state index contributed by atoms with van der Waals surface area (Å²) in [4.78, 5) is 0. The topological polar surface area (TPSA) is 94.4 Å². The molecule has 0 aliphatic carbocycles. The number of ether oxygens (including phenoxy) is 2. The van der Waals surface area contributed by atoms with Crippen molar-refractivity contribution < 1.29 is 38.2 Å². The number of nitrogens with zero attached hydrogens (tertiary/aromatic N) is 1. The summed E-state index contributed by atoms with van der Waals surface area (Å²) in [6, 6.07) is -1.93. The summed E-state index contributed by atoms with van der Waals surface area (Å²) in [7, 11) is 0. The molecule has 0 amide bonds. The zero-order valence-corrected chi connectivity index (χ0v) is 9.25. The molecule has 0 radical (unpaired) electrons. The third kappa shape index (κ3) is 3.51. The van der Waals surface area contributed by atoms with Crippen molar-refractivity contribution in [2.45, 2.75) is 30.6 Å². The fourth-order valence-electron chi connectivity index (χ4n) is 1.63. The molecule has 4 N–H and O–H groups in total. The summed E-state index contributed by atoms with van der Waals surface area (Å²) in [5.74, 6) is 0.